The van der Waals surface area contributed by atoms with Gasteiger partial charge in [-0.25, -0.2) is 4.39 Å². The summed E-state index contributed by atoms with van der Waals surface area (Å²) in [5.41, 5.74) is 1.01. The topological polar surface area (TPSA) is 23.5 Å². The molecule has 1 aromatic rings. The van der Waals surface area contributed by atoms with Crippen LogP contribution in [0, 0.1) is 11.7 Å². The fourth-order valence-corrected chi connectivity index (χ4v) is 2.53. The van der Waals surface area contributed by atoms with Crippen LogP contribution in [0.3, 0.4) is 0 Å². The molecular weight excluding hydrogens is 217 g/mol. The summed E-state index contributed by atoms with van der Waals surface area (Å²) in [4.78, 5) is 2.30. The molecule has 1 aliphatic rings. The number of halogens is 1. The van der Waals surface area contributed by atoms with Gasteiger partial charge < -0.3 is 5.11 Å². The number of likely N-dealkylation sites (tertiary alicyclic amines) is 1. The molecule has 0 aliphatic carbocycles. The van der Waals surface area contributed by atoms with Gasteiger partial charge in [0.15, 0.2) is 0 Å². The third-order valence-corrected chi connectivity index (χ3v) is 3.60. The minimum atomic E-state index is -0.174. The van der Waals surface area contributed by atoms with Gasteiger partial charge >= 0.3 is 0 Å². The maximum Gasteiger partial charge on any atom is 0.123 e. The summed E-state index contributed by atoms with van der Waals surface area (Å²) in [6, 6.07) is 6.76. The molecule has 0 bridgehead atoms. The summed E-state index contributed by atoms with van der Waals surface area (Å²) in [5, 5.41) is 9.81. The van der Waals surface area contributed by atoms with Crippen molar-refractivity contribution in [1.29, 1.82) is 0 Å². The number of benzene rings is 1. The Morgan fingerprint density at radius 1 is 1.47 bits per heavy atom. The Balaban J connectivity index is 1.95. The molecule has 0 spiro atoms. The maximum absolute atomic E-state index is 13.1. The first-order chi connectivity index (χ1) is 8.19. The maximum atomic E-state index is 13.1. The SMILES string of the molecule is CC[C@H]1CN(Cc2cccc(F)c2)CC[C@H]1O. The predicted octanol–water partition coefficient (Wildman–Crippen LogP) is 2.42. The van der Waals surface area contributed by atoms with Gasteiger partial charge in [-0.1, -0.05) is 19.1 Å². The lowest BCUT2D eigenvalue weighted by Crippen LogP contribution is -2.42. The minimum Gasteiger partial charge on any atom is -0.393 e. The second kappa shape index (κ2) is 5.61. The van der Waals surface area contributed by atoms with E-state index in [1.807, 2.05) is 6.07 Å². The second-order valence-corrected chi connectivity index (χ2v) is 4.89. The molecule has 2 nitrogen and oxygen atoms in total. The third kappa shape index (κ3) is 3.27. The Hall–Kier alpha value is -0.930. The molecule has 2 rings (SSSR count). The van der Waals surface area contributed by atoms with Crippen molar-refractivity contribution in [2.75, 3.05) is 13.1 Å². The van der Waals surface area contributed by atoms with Crippen molar-refractivity contribution in [1.82, 2.24) is 4.90 Å². The summed E-state index contributed by atoms with van der Waals surface area (Å²) in [6.07, 6.45) is 1.66. The molecule has 1 fully saturated rings. The first-order valence-electron chi connectivity index (χ1n) is 6.34. The van der Waals surface area contributed by atoms with Crippen molar-refractivity contribution in [3.05, 3.63) is 35.6 Å². The first-order valence-corrected chi connectivity index (χ1v) is 6.34. The summed E-state index contributed by atoms with van der Waals surface area (Å²) < 4.78 is 13.1. The summed E-state index contributed by atoms with van der Waals surface area (Å²) in [7, 11) is 0. The average Bonchev–Trinajstić information content (AvgIpc) is 2.32. The van der Waals surface area contributed by atoms with E-state index in [9.17, 15) is 9.50 Å². The highest BCUT2D eigenvalue weighted by atomic mass is 19.1. The molecule has 0 amide bonds. The van der Waals surface area contributed by atoms with E-state index in [4.69, 9.17) is 0 Å². The largest absolute Gasteiger partial charge is 0.393 e. The van der Waals surface area contributed by atoms with Gasteiger partial charge in [-0.05, 0) is 36.5 Å². The lowest BCUT2D eigenvalue weighted by atomic mass is 9.92. The van der Waals surface area contributed by atoms with E-state index in [1.54, 1.807) is 12.1 Å². The molecule has 1 aromatic carbocycles. The van der Waals surface area contributed by atoms with Crippen molar-refractivity contribution < 1.29 is 9.50 Å². The van der Waals surface area contributed by atoms with Crippen molar-refractivity contribution in [2.24, 2.45) is 5.92 Å². The average molecular weight is 237 g/mol. The highest BCUT2D eigenvalue weighted by Gasteiger charge is 2.26. The summed E-state index contributed by atoms with van der Waals surface area (Å²) >= 11 is 0. The monoisotopic (exact) mass is 237 g/mol. The van der Waals surface area contributed by atoms with Gasteiger partial charge in [-0.3, -0.25) is 4.90 Å². The molecular formula is C14H20FNO. The lowest BCUT2D eigenvalue weighted by Gasteiger charge is -2.35. The molecule has 94 valence electrons. The van der Waals surface area contributed by atoms with Gasteiger partial charge in [0.25, 0.3) is 0 Å². The Morgan fingerprint density at radius 3 is 3.00 bits per heavy atom. The Labute approximate surface area is 102 Å². The van der Waals surface area contributed by atoms with Gasteiger partial charge in [0.2, 0.25) is 0 Å². The molecule has 0 radical (unpaired) electrons. The van der Waals surface area contributed by atoms with Crippen LogP contribution in [0.2, 0.25) is 0 Å². The number of aliphatic hydroxyl groups is 1. The normalized spacial score (nSPS) is 26.1. The van der Waals surface area contributed by atoms with Crippen LogP contribution in [0.25, 0.3) is 0 Å². The number of hydrogen-bond acceptors (Lipinski definition) is 2. The molecule has 1 heterocycles. The molecule has 3 heteroatoms. The smallest absolute Gasteiger partial charge is 0.123 e. The Morgan fingerprint density at radius 2 is 2.29 bits per heavy atom. The van der Waals surface area contributed by atoms with Crippen LogP contribution >= 0.6 is 0 Å². The van der Waals surface area contributed by atoms with E-state index >= 15 is 0 Å². The number of aliphatic hydroxyl groups excluding tert-OH is 1. The molecule has 2 atom stereocenters. The van der Waals surface area contributed by atoms with Crippen molar-refractivity contribution in [3.63, 3.8) is 0 Å². The van der Waals surface area contributed by atoms with Crippen LogP contribution in [0.1, 0.15) is 25.3 Å². The van der Waals surface area contributed by atoms with Gasteiger partial charge in [-0.2, -0.15) is 0 Å². The number of piperidine rings is 1. The van der Waals surface area contributed by atoms with E-state index in [1.165, 1.54) is 6.07 Å². The molecule has 0 unspecified atom stereocenters. The van der Waals surface area contributed by atoms with E-state index in [0.29, 0.717) is 5.92 Å². The molecule has 0 saturated carbocycles. The van der Waals surface area contributed by atoms with Crippen molar-refractivity contribution in [3.8, 4) is 0 Å². The zero-order valence-corrected chi connectivity index (χ0v) is 10.3. The molecule has 0 aromatic heterocycles. The quantitative estimate of drug-likeness (QED) is 0.872. The molecule has 17 heavy (non-hydrogen) atoms. The van der Waals surface area contributed by atoms with E-state index in [-0.39, 0.29) is 11.9 Å². The highest BCUT2D eigenvalue weighted by molar-refractivity contribution is 5.16. The van der Waals surface area contributed by atoms with Gasteiger partial charge in [0.1, 0.15) is 5.82 Å². The zero-order valence-electron chi connectivity index (χ0n) is 10.3. The summed E-state index contributed by atoms with van der Waals surface area (Å²) in [5.74, 6) is 0.184. The molecule has 1 N–H and O–H groups in total. The number of rotatable bonds is 3. The van der Waals surface area contributed by atoms with Crippen LogP contribution in [-0.2, 0) is 6.54 Å². The van der Waals surface area contributed by atoms with Crippen LogP contribution < -0.4 is 0 Å². The first kappa shape index (κ1) is 12.5. The van der Waals surface area contributed by atoms with Crippen molar-refractivity contribution >= 4 is 0 Å². The number of nitrogens with zero attached hydrogens (tertiary/aromatic N) is 1. The highest BCUT2D eigenvalue weighted by Crippen LogP contribution is 2.21. The van der Waals surface area contributed by atoms with Gasteiger partial charge in [0, 0.05) is 19.6 Å². The lowest BCUT2D eigenvalue weighted by molar-refractivity contribution is 0.0221. The van der Waals surface area contributed by atoms with Crippen LogP contribution in [0.15, 0.2) is 24.3 Å². The zero-order chi connectivity index (χ0) is 12.3. The van der Waals surface area contributed by atoms with Crippen molar-refractivity contribution in [2.45, 2.75) is 32.4 Å². The third-order valence-electron chi connectivity index (χ3n) is 3.60. The Kier molecular flexibility index (Phi) is 4.13. The predicted molar refractivity (Wildman–Crippen MR) is 66.1 cm³/mol. The van der Waals surface area contributed by atoms with Crippen LogP contribution in [-0.4, -0.2) is 29.2 Å². The second-order valence-electron chi connectivity index (χ2n) is 4.89. The van der Waals surface area contributed by atoms with E-state index in [2.05, 4.69) is 11.8 Å². The summed E-state index contributed by atoms with van der Waals surface area (Å²) in [6.45, 7) is 4.70. The fraction of sp³-hybridized carbons (Fsp3) is 0.571. The van der Waals surface area contributed by atoms with E-state index < -0.39 is 0 Å². The van der Waals surface area contributed by atoms with Gasteiger partial charge in [0.05, 0.1) is 6.10 Å². The van der Waals surface area contributed by atoms with Crippen LogP contribution in [0.5, 0.6) is 0 Å². The van der Waals surface area contributed by atoms with Gasteiger partial charge in [-0.15, -0.1) is 0 Å². The fourth-order valence-electron chi connectivity index (χ4n) is 2.53. The molecule has 1 saturated heterocycles. The Bertz CT molecular complexity index is 369. The minimum absolute atomic E-state index is 0.163. The standard InChI is InChI=1S/C14H20FNO/c1-2-12-10-16(7-6-14(12)17)9-11-4-3-5-13(15)8-11/h3-5,8,12,14,17H,2,6-7,9-10H2,1H3/t12-,14+/m0/s1. The molecule has 1 aliphatic heterocycles. The van der Waals surface area contributed by atoms with E-state index in [0.717, 1.165) is 38.0 Å². The number of hydrogen-bond donors (Lipinski definition) is 1. The van der Waals surface area contributed by atoms with Crippen LogP contribution in [0.4, 0.5) is 4.39 Å².